The van der Waals surface area contributed by atoms with Gasteiger partial charge in [-0.2, -0.15) is 13.2 Å². The number of alkyl halides is 5. The van der Waals surface area contributed by atoms with E-state index in [2.05, 4.69) is 20.6 Å². The molecule has 0 spiro atoms. The van der Waals surface area contributed by atoms with E-state index in [1.807, 2.05) is 6.92 Å². The van der Waals surface area contributed by atoms with Crippen molar-refractivity contribution in [1.82, 2.24) is 20.2 Å². The monoisotopic (exact) mass is 589 g/mol. The molecule has 4 rings (SSSR count). The number of pyridine rings is 1. The molecule has 3 heterocycles. The lowest BCUT2D eigenvalue weighted by molar-refractivity contribution is -0.137. The zero-order valence-electron chi connectivity index (χ0n) is 22.7. The van der Waals surface area contributed by atoms with Gasteiger partial charge in [0.15, 0.2) is 5.01 Å². The summed E-state index contributed by atoms with van der Waals surface area (Å²) in [7, 11) is 0. The number of thiazole rings is 1. The lowest BCUT2D eigenvalue weighted by Crippen LogP contribution is -2.47. The van der Waals surface area contributed by atoms with E-state index in [9.17, 15) is 36.6 Å². The highest BCUT2D eigenvalue weighted by atomic mass is 32.1. The zero-order valence-corrected chi connectivity index (χ0v) is 23.5. The first-order valence-electron chi connectivity index (χ1n) is 12.9. The van der Waals surface area contributed by atoms with Crippen molar-refractivity contribution in [1.29, 1.82) is 0 Å². The number of anilines is 1. The molecule has 0 aromatic carbocycles. The highest BCUT2D eigenvalue weighted by molar-refractivity contribution is 7.17. The number of hydrogen-bond donors (Lipinski definition) is 3. The topological polar surface area (TPSA) is 107 Å². The quantitative estimate of drug-likeness (QED) is 0.366. The van der Waals surface area contributed by atoms with Gasteiger partial charge in [-0.1, -0.05) is 0 Å². The van der Waals surface area contributed by atoms with Gasteiger partial charge in [-0.3, -0.25) is 9.59 Å². The van der Waals surface area contributed by atoms with Crippen molar-refractivity contribution < 1.29 is 36.6 Å². The maximum atomic E-state index is 14.3. The molecule has 0 radical (unpaired) electrons. The Kier molecular flexibility index (Phi) is 7.91. The fourth-order valence-corrected chi connectivity index (χ4v) is 5.48. The largest absolute Gasteiger partial charge is 0.417 e. The SMILES string of the molecule is CC1CC(F)(F)CN1C(=O)c1nc(C(=O)NC(C)C(C)(C)O)sc1-c1cnc(N[C@@H](C)C2CC2)cc1C(F)(F)F. The third-order valence-corrected chi connectivity index (χ3v) is 8.47. The van der Waals surface area contributed by atoms with Gasteiger partial charge in [0.1, 0.15) is 11.5 Å². The average molecular weight is 590 g/mol. The summed E-state index contributed by atoms with van der Waals surface area (Å²) in [6.45, 7) is 6.77. The van der Waals surface area contributed by atoms with Crippen LogP contribution in [0.15, 0.2) is 12.3 Å². The van der Waals surface area contributed by atoms with Crippen molar-refractivity contribution in [3.63, 3.8) is 0 Å². The first-order valence-corrected chi connectivity index (χ1v) is 13.8. The zero-order chi connectivity index (χ0) is 29.8. The maximum Gasteiger partial charge on any atom is 0.417 e. The first-order chi connectivity index (χ1) is 18.4. The van der Waals surface area contributed by atoms with Gasteiger partial charge in [-0.05, 0) is 59.4 Å². The normalized spacial score (nSPS) is 20.8. The molecule has 2 fully saturated rings. The summed E-state index contributed by atoms with van der Waals surface area (Å²) >= 11 is 0.526. The molecule has 8 nitrogen and oxygen atoms in total. The molecule has 1 saturated heterocycles. The Hall–Kier alpha value is -2.87. The summed E-state index contributed by atoms with van der Waals surface area (Å²) in [6.07, 6.45) is -2.58. The van der Waals surface area contributed by atoms with E-state index in [4.69, 9.17) is 0 Å². The molecule has 40 heavy (non-hydrogen) atoms. The Balaban J connectivity index is 1.79. The maximum absolute atomic E-state index is 14.3. The summed E-state index contributed by atoms with van der Waals surface area (Å²) in [5.41, 5.74) is -3.48. The minimum Gasteiger partial charge on any atom is -0.388 e. The highest BCUT2D eigenvalue weighted by Crippen LogP contribution is 2.43. The van der Waals surface area contributed by atoms with Gasteiger partial charge in [-0.25, -0.2) is 18.7 Å². The number of amides is 2. The van der Waals surface area contributed by atoms with Crippen LogP contribution in [0.4, 0.5) is 27.8 Å². The van der Waals surface area contributed by atoms with Crippen LogP contribution in [0.2, 0.25) is 0 Å². The number of rotatable bonds is 8. The Morgan fingerprint density at radius 2 is 1.88 bits per heavy atom. The van der Waals surface area contributed by atoms with E-state index in [1.165, 1.54) is 27.7 Å². The summed E-state index contributed by atoms with van der Waals surface area (Å²) in [5.74, 6) is -4.68. The second kappa shape index (κ2) is 10.5. The summed E-state index contributed by atoms with van der Waals surface area (Å²) in [4.78, 5) is 35.2. The fourth-order valence-electron chi connectivity index (χ4n) is 4.50. The Morgan fingerprint density at radius 1 is 1.23 bits per heavy atom. The number of nitrogens with one attached hydrogen (secondary N) is 2. The molecule has 1 aliphatic heterocycles. The van der Waals surface area contributed by atoms with E-state index in [1.54, 1.807) is 0 Å². The third kappa shape index (κ3) is 6.54. The Bertz CT molecular complexity index is 1290. The summed E-state index contributed by atoms with van der Waals surface area (Å²) in [6, 6.07) is -0.938. The van der Waals surface area contributed by atoms with Crippen molar-refractivity contribution >= 4 is 29.0 Å². The van der Waals surface area contributed by atoms with Gasteiger partial charge in [0.2, 0.25) is 0 Å². The minimum absolute atomic E-state index is 0.00218. The lowest BCUT2D eigenvalue weighted by atomic mass is 10.0. The van der Waals surface area contributed by atoms with Crippen LogP contribution in [0, 0.1) is 5.92 Å². The number of hydrogen-bond acceptors (Lipinski definition) is 7. The second-order valence-electron chi connectivity index (χ2n) is 11.3. The predicted octanol–water partition coefficient (Wildman–Crippen LogP) is 5.19. The molecule has 1 saturated carbocycles. The van der Waals surface area contributed by atoms with E-state index in [-0.39, 0.29) is 21.7 Å². The molecule has 2 aromatic rings. The summed E-state index contributed by atoms with van der Waals surface area (Å²) in [5, 5.41) is 15.3. The number of likely N-dealkylation sites (tertiary alicyclic amines) is 1. The van der Waals surface area contributed by atoms with Crippen molar-refractivity contribution in [2.75, 3.05) is 11.9 Å². The molecule has 2 aliphatic rings. The molecule has 2 unspecified atom stereocenters. The lowest BCUT2D eigenvalue weighted by Gasteiger charge is -2.26. The molecule has 2 aromatic heterocycles. The molecule has 220 valence electrons. The van der Waals surface area contributed by atoms with E-state index in [0.717, 1.165) is 30.0 Å². The average Bonchev–Trinajstić information content (AvgIpc) is 3.52. The number of halogens is 5. The standard InChI is InChI=1S/C26H32F5N5O3S/c1-12-9-25(27,28)11-36(12)23(38)19-20(40-22(35-19)21(37)34-14(3)24(4,5)39)16-10-32-18(8-17(16)26(29,30)31)33-13(2)15-6-7-15/h8,10,12-15,39H,6-7,9,11H2,1-5H3,(H,32,33)(H,34,37)/t12?,13-,14?/m0/s1. The highest BCUT2D eigenvalue weighted by Gasteiger charge is 2.47. The molecule has 3 atom stereocenters. The van der Waals surface area contributed by atoms with Crippen LogP contribution in [-0.2, 0) is 6.18 Å². The third-order valence-electron chi connectivity index (χ3n) is 7.38. The van der Waals surface area contributed by atoms with Gasteiger partial charge >= 0.3 is 6.18 Å². The molecule has 14 heteroatoms. The van der Waals surface area contributed by atoms with Gasteiger partial charge in [0.25, 0.3) is 17.7 Å². The van der Waals surface area contributed by atoms with Crippen LogP contribution in [0.25, 0.3) is 10.4 Å². The van der Waals surface area contributed by atoms with Crippen molar-refractivity contribution in [2.45, 2.75) is 89.7 Å². The molecule has 1 aliphatic carbocycles. The van der Waals surface area contributed by atoms with Crippen LogP contribution < -0.4 is 10.6 Å². The summed E-state index contributed by atoms with van der Waals surface area (Å²) < 4.78 is 71.1. The number of nitrogens with zero attached hydrogens (tertiary/aromatic N) is 3. The number of aliphatic hydroxyl groups is 1. The van der Waals surface area contributed by atoms with Crippen molar-refractivity contribution in [2.24, 2.45) is 5.92 Å². The Morgan fingerprint density at radius 3 is 2.40 bits per heavy atom. The van der Waals surface area contributed by atoms with Crippen LogP contribution in [0.3, 0.4) is 0 Å². The second-order valence-corrected chi connectivity index (χ2v) is 12.3. The van der Waals surface area contributed by atoms with Gasteiger partial charge in [-0.15, -0.1) is 11.3 Å². The van der Waals surface area contributed by atoms with Gasteiger partial charge < -0.3 is 20.6 Å². The number of carbonyl (C=O) groups is 2. The number of carbonyl (C=O) groups excluding carboxylic acids is 2. The molecular formula is C26H32F5N5O3S. The van der Waals surface area contributed by atoms with Crippen LogP contribution in [0.5, 0.6) is 0 Å². The van der Waals surface area contributed by atoms with E-state index >= 15 is 0 Å². The first kappa shape index (κ1) is 30.1. The molecule has 2 amide bonds. The molecular weight excluding hydrogens is 557 g/mol. The van der Waals surface area contributed by atoms with Crippen LogP contribution in [-0.4, -0.2) is 68.0 Å². The molecule has 3 N–H and O–H groups in total. The van der Waals surface area contributed by atoms with Crippen LogP contribution >= 0.6 is 11.3 Å². The Labute approximate surface area is 232 Å². The minimum atomic E-state index is -4.87. The predicted molar refractivity (Wildman–Crippen MR) is 139 cm³/mol. The number of aromatic nitrogens is 2. The van der Waals surface area contributed by atoms with Crippen LogP contribution in [0.1, 0.15) is 79.7 Å². The van der Waals surface area contributed by atoms with E-state index < -0.39 is 71.4 Å². The van der Waals surface area contributed by atoms with Gasteiger partial charge in [0.05, 0.1) is 28.6 Å². The van der Waals surface area contributed by atoms with Gasteiger partial charge in [0, 0.05) is 30.3 Å². The smallest absolute Gasteiger partial charge is 0.388 e. The van der Waals surface area contributed by atoms with Crippen molar-refractivity contribution in [3.8, 4) is 10.4 Å². The van der Waals surface area contributed by atoms with Crippen molar-refractivity contribution in [3.05, 3.63) is 28.5 Å². The van der Waals surface area contributed by atoms with E-state index in [0.29, 0.717) is 17.3 Å². The molecule has 0 bridgehead atoms. The fraction of sp³-hybridized carbons (Fsp3) is 0.615.